The van der Waals surface area contributed by atoms with Crippen LogP contribution in [-0.2, 0) is 11.2 Å². The zero-order valence-electron chi connectivity index (χ0n) is 12.1. The van der Waals surface area contributed by atoms with Crippen LogP contribution in [0.15, 0.2) is 12.3 Å². The lowest BCUT2D eigenvalue weighted by Gasteiger charge is -2.23. The van der Waals surface area contributed by atoms with Crippen LogP contribution in [0.4, 0.5) is 0 Å². The lowest BCUT2D eigenvalue weighted by molar-refractivity contribution is -0.124. The monoisotopic (exact) mass is 263 g/mol. The first-order valence-electron chi connectivity index (χ1n) is 7.23. The lowest BCUT2D eigenvalue weighted by atomic mass is 9.93. The molecule has 1 heterocycles. The predicted octanol–water partition coefficient (Wildman–Crippen LogP) is 2.16. The number of nitrogens with zero attached hydrogens (tertiary/aromatic N) is 1. The van der Waals surface area contributed by atoms with Crippen LogP contribution in [0.2, 0.25) is 0 Å². The summed E-state index contributed by atoms with van der Waals surface area (Å²) in [5.41, 5.74) is 8.58. The van der Waals surface area contributed by atoms with Gasteiger partial charge in [0.1, 0.15) is 6.04 Å². The van der Waals surface area contributed by atoms with Gasteiger partial charge in [-0.05, 0) is 43.7 Å². The Labute approximate surface area is 115 Å². The molecule has 0 spiro atoms. The molecule has 2 atom stereocenters. The average molecular weight is 263 g/mol. The van der Waals surface area contributed by atoms with E-state index in [1.807, 2.05) is 13.1 Å². The molecule has 1 amide bonds. The number of hydrogen-bond donors (Lipinski definition) is 2. The fourth-order valence-corrected chi connectivity index (χ4v) is 2.69. The van der Waals surface area contributed by atoms with Crippen molar-refractivity contribution in [3.63, 3.8) is 0 Å². The summed E-state index contributed by atoms with van der Waals surface area (Å²) in [5, 5.41) is 3.00. The molecule has 0 aromatic carbocycles. The van der Waals surface area contributed by atoms with E-state index in [1.165, 1.54) is 11.3 Å². The minimum atomic E-state index is -0.159. The molecular weight excluding hydrogens is 238 g/mol. The fraction of sp³-hybridized carbons (Fsp3) is 0.667. The second kappa shape index (κ2) is 5.78. The number of hydrogen-bond acceptors (Lipinski definition) is 2. The molecule has 0 fully saturated rings. The van der Waals surface area contributed by atoms with E-state index in [2.05, 4.69) is 29.8 Å². The van der Waals surface area contributed by atoms with Crippen LogP contribution in [0.3, 0.4) is 0 Å². The SMILES string of the molecule is CC(C)CNC(=O)C(C)n1ccc2c1CCCC2N. The van der Waals surface area contributed by atoms with Crippen LogP contribution >= 0.6 is 0 Å². The lowest BCUT2D eigenvalue weighted by Crippen LogP contribution is -2.34. The van der Waals surface area contributed by atoms with E-state index in [0.29, 0.717) is 5.92 Å². The Bertz CT molecular complexity index is 450. The minimum Gasteiger partial charge on any atom is -0.354 e. The first-order chi connectivity index (χ1) is 9.00. The Kier molecular flexibility index (Phi) is 4.30. The average Bonchev–Trinajstić information content (AvgIpc) is 2.80. The summed E-state index contributed by atoms with van der Waals surface area (Å²) in [5.74, 6) is 0.564. The van der Waals surface area contributed by atoms with Crippen molar-refractivity contribution in [2.75, 3.05) is 6.54 Å². The maximum atomic E-state index is 12.2. The molecule has 106 valence electrons. The number of aromatic nitrogens is 1. The van der Waals surface area contributed by atoms with Gasteiger partial charge in [0.25, 0.3) is 0 Å². The van der Waals surface area contributed by atoms with Crippen molar-refractivity contribution in [3.8, 4) is 0 Å². The van der Waals surface area contributed by atoms with Crippen LogP contribution in [0, 0.1) is 5.92 Å². The number of rotatable bonds is 4. The van der Waals surface area contributed by atoms with Gasteiger partial charge in [0.2, 0.25) is 5.91 Å². The number of carbonyl (C=O) groups excluding carboxylic acids is 1. The Morgan fingerprint density at radius 1 is 1.53 bits per heavy atom. The second-order valence-electron chi connectivity index (χ2n) is 5.94. The third-order valence-electron chi connectivity index (χ3n) is 3.87. The van der Waals surface area contributed by atoms with Gasteiger partial charge in [0.15, 0.2) is 0 Å². The third kappa shape index (κ3) is 3.00. The van der Waals surface area contributed by atoms with E-state index < -0.39 is 0 Å². The molecule has 0 aliphatic heterocycles. The molecule has 19 heavy (non-hydrogen) atoms. The number of nitrogens with one attached hydrogen (secondary N) is 1. The smallest absolute Gasteiger partial charge is 0.242 e. The summed E-state index contributed by atoms with van der Waals surface area (Å²) in [7, 11) is 0. The molecule has 0 radical (unpaired) electrons. The highest BCUT2D eigenvalue weighted by atomic mass is 16.2. The molecule has 0 saturated carbocycles. The topological polar surface area (TPSA) is 60.0 Å². The fourth-order valence-electron chi connectivity index (χ4n) is 2.69. The molecule has 4 nitrogen and oxygen atoms in total. The van der Waals surface area contributed by atoms with Gasteiger partial charge < -0.3 is 15.6 Å². The maximum absolute atomic E-state index is 12.2. The summed E-state index contributed by atoms with van der Waals surface area (Å²) in [6, 6.07) is 2.05. The highest BCUT2D eigenvalue weighted by Crippen LogP contribution is 2.30. The van der Waals surface area contributed by atoms with Crippen molar-refractivity contribution in [1.82, 2.24) is 9.88 Å². The summed E-state index contributed by atoms with van der Waals surface area (Å²) >= 11 is 0. The molecule has 0 saturated heterocycles. The summed E-state index contributed by atoms with van der Waals surface area (Å²) < 4.78 is 2.09. The van der Waals surface area contributed by atoms with Crippen LogP contribution in [0.1, 0.15) is 57.0 Å². The van der Waals surface area contributed by atoms with E-state index in [0.717, 1.165) is 25.8 Å². The first kappa shape index (κ1) is 14.1. The van der Waals surface area contributed by atoms with E-state index in [-0.39, 0.29) is 18.0 Å². The van der Waals surface area contributed by atoms with Gasteiger partial charge >= 0.3 is 0 Å². The summed E-state index contributed by atoms with van der Waals surface area (Å²) in [6.07, 6.45) is 5.19. The number of amides is 1. The number of nitrogens with two attached hydrogens (primary N) is 1. The van der Waals surface area contributed by atoms with Crippen LogP contribution < -0.4 is 11.1 Å². The number of fused-ring (bicyclic) bond motifs is 1. The molecule has 2 rings (SSSR count). The van der Waals surface area contributed by atoms with Gasteiger partial charge in [0, 0.05) is 24.5 Å². The van der Waals surface area contributed by atoms with Crippen LogP contribution in [-0.4, -0.2) is 17.0 Å². The van der Waals surface area contributed by atoms with Crippen molar-refractivity contribution in [2.24, 2.45) is 11.7 Å². The molecule has 4 heteroatoms. The quantitative estimate of drug-likeness (QED) is 0.874. The third-order valence-corrected chi connectivity index (χ3v) is 3.87. The van der Waals surface area contributed by atoms with Crippen molar-refractivity contribution in [2.45, 2.75) is 52.1 Å². The molecule has 2 unspecified atom stereocenters. The molecule has 3 N–H and O–H groups in total. The normalized spacial score (nSPS) is 20.2. The molecule has 1 aliphatic carbocycles. The van der Waals surface area contributed by atoms with E-state index in [4.69, 9.17) is 5.73 Å². The van der Waals surface area contributed by atoms with E-state index in [1.54, 1.807) is 0 Å². The largest absolute Gasteiger partial charge is 0.354 e. The van der Waals surface area contributed by atoms with Crippen molar-refractivity contribution < 1.29 is 4.79 Å². The van der Waals surface area contributed by atoms with Gasteiger partial charge in [-0.25, -0.2) is 0 Å². The highest BCUT2D eigenvalue weighted by molar-refractivity contribution is 5.80. The molecule has 1 aromatic heterocycles. The van der Waals surface area contributed by atoms with Crippen LogP contribution in [0.25, 0.3) is 0 Å². The first-order valence-corrected chi connectivity index (χ1v) is 7.23. The highest BCUT2D eigenvalue weighted by Gasteiger charge is 2.24. The standard InChI is InChI=1S/C15H25N3O/c1-10(2)9-17-15(19)11(3)18-8-7-12-13(16)5-4-6-14(12)18/h7-8,10-11,13H,4-6,9,16H2,1-3H3,(H,17,19). The Morgan fingerprint density at radius 3 is 2.95 bits per heavy atom. The Morgan fingerprint density at radius 2 is 2.26 bits per heavy atom. The van der Waals surface area contributed by atoms with E-state index >= 15 is 0 Å². The molecular formula is C15H25N3O. The Hall–Kier alpha value is -1.29. The summed E-state index contributed by atoms with van der Waals surface area (Å²) in [6.45, 7) is 6.88. The van der Waals surface area contributed by atoms with E-state index in [9.17, 15) is 4.79 Å². The molecule has 1 aromatic rings. The minimum absolute atomic E-state index is 0.0891. The molecule has 0 bridgehead atoms. The second-order valence-corrected chi connectivity index (χ2v) is 5.94. The van der Waals surface area contributed by atoms with Crippen LogP contribution in [0.5, 0.6) is 0 Å². The number of carbonyl (C=O) groups is 1. The van der Waals surface area contributed by atoms with Gasteiger partial charge in [-0.3, -0.25) is 4.79 Å². The van der Waals surface area contributed by atoms with Gasteiger partial charge in [-0.2, -0.15) is 0 Å². The van der Waals surface area contributed by atoms with Gasteiger partial charge in [-0.1, -0.05) is 13.8 Å². The Balaban J connectivity index is 2.11. The summed E-state index contributed by atoms with van der Waals surface area (Å²) in [4.78, 5) is 12.2. The van der Waals surface area contributed by atoms with Gasteiger partial charge in [0.05, 0.1) is 0 Å². The van der Waals surface area contributed by atoms with Crippen molar-refractivity contribution in [1.29, 1.82) is 0 Å². The zero-order chi connectivity index (χ0) is 14.0. The van der Waals surface area contributed by atoms with Crippen molar-refractivity contribution in [3.05, 3.63) is 23.5 Å². The maximum Gasteiger partial charge on any atom is 0.242 e. The molecule has 1 aliphatic rings. The predicted molar refractivity (Wildman–Crippen MR) is 76.9 cm³/mol. The zero-order valence-corrected chi connectivity index (χ0v) is 12.1. The van der Waals surface area contributed by atoms with Crippen molar-refractivity contribution >= 4 is 5.91 Å². The van der Waals surface area contributed by atoms with Gasteiger partial charge in [-0.15, -0.1) is 0 Å².